The molecule has 0 aromatic heterocycles. The summed E-state index contributed by atoms with van der Waals surface area (Å²) in [7, 11) is 0. The zero-order chi connectivity index (χ0) is 14.3. The highest BCUT2D eigenvalue weighted by atomic mass is 16.5. The second-order valence-corrected chi connectivity index (χ2v) is 4.82. The van der Waals surface area contributed by atoms with Crippen molar-refractivity contribution in [3.8, 4) is 0 Å². The molecule has 0 heterocycles. The summed E-state index contributed by atoms with van der Waals surface area (Å²) in [4.78, 5) is 0. The number of unbranched alkanes of at least 4 members (excludes halogenated alkanes) is 5. The van der Waals surface area contributed by atoms with Gasteiger partial charge in [-0.1, -0.05) is 39.0 Å². The van der Waals surface area contributed by atoms with Gasteiger partial charge in [0.15, 0.2) is 0 Å². The minimum atomic E-state index is -0.896. The Morgan fingerprint density at radius 3 is 2.21 bits per heavy atom. The minimum Gasteiger partial charge on any atom is -0.394 e. The monoisotopic (exact) mass is 278 g/mol. The standard InChI is InChI=1S/C14H30O5/c1-2-3-4-5-6-7-8-18-12-14(10-16)19-11-13(17)9-15/h13-17H,2-12H2,1H3. The molecule has 0 aliphatic carbocycles. The minimum absolute atomic E-state index is 0.0160. The summed E-state index contributed by atoms with van der Waals surface area (Å²) >= 11 is 0. The van der Waals surface area contributed by atoms with Crippen LogP contribution in [0.3, 0.4) is 0 Å². The van der Waals surface area contributed by atoms with E-state index >= 15 is 0 Å². The molecular formula is C14H30O5. The number of aliphatic hydroxyl groups excluding tert-OH is 3. The third-order valence-electron chi connectivity index (χ3n) is 2.88. The summed E-state index contributed by atoms with van der Waals surface area (Å²) in [5, 5.41) is 26.8. The van der Waals surface area contributed by atoms with E-state index in [1.54, 1.807) is 0 Å². The van der Waals surface area contributed by atoms with Gasteiger partial charge in [0, 0.05) is 6.61 Å². The average Bonchev–Trinajstić information content (AvgIpc) is 2.44. The molecule has 0 fully saturated rings. The van der Waals surface area contributed by atoms with Crippen LogP contribution in [0.25, 0.3) is 0 Å². The predicted molar refractivity (Wildman–Crippen MR) is 74.1 cm³/mol. The number of rotatable bonds is 14. The lowest BCUT2D eigenvalue weighted by molar-refractivity contribution is -0.0765. The number of hydrogen-bond donors (Lipinski definition) is 3. The Morgan fingerprint density at radius 2 is 1.58 bits per heavy atom. The maximum Gasteiger partial charge on any atom is 0.104 e. The topological polar surface area (TPSA) is 79.2 Å². The first-order valence-corrected chi connectivity index (χ1v) is 7.33. The van der Waals surface area contributed by atoms with Gasteiger partial charge >= 0.3 is 0 Å². The summed E-state index contributed by atoms with van der Waals surface area (Å²) < 4.78 is 10.6. The molecule has 0 saturated carbocycles. The Morgan fingerprint density at radius 1 is 0.895 bits per heavy atom. The van der Waals surface area contributed by atoms with Crippen molar-refractivity contribution < 1.29 is 24.8 Å². The molecule has 0 saturated heterocycles. The van der Waals surface area contributed by atoms with Crippen molar-refractivity contribution >= 4 is 0 Å². The molecule has 2 unspecified atom stereocenters. The van der Waals surface area contributed by atoms with Crippen LogP contribution in [0, 0.1) is 0 Å². The van der Waals surface area contributed by atoms with Crippen LogP contribution >= 0.6 is 0 Å². The summed E-state index contributed by atoms with van der Waals surface area (Å²) in [6.45, 7) is 2.73. The normalized spacial score (nSPS) is 14.5. The van der Waals surface area contributed by atoms with Gasteiger partial charge in [0.05, 0.1) is 26.4 Å². The highest BCUT2D eigenvalue weighted by Crippen LogP contribution is 2.05. The van der Waals surface area contributed by atoms with Gasteiger partial charge < -0.3 is 24.8 Å². The van der Waals surface area contributed by atoms with E-state index in [9.17, 15) is 0 Å². The maximum atomic E-state index is 9.12. The first-order valence-electron chi connectivity index (χ1n) is 7.33. The van der Waals surface area contributed by atoms with Crippen molar-refractivity contribution in [1.29, 1.82) is 0 Å². The molecule has 2 atom stereocenters. The highest BCUT2D eigenvalue weighted by molar-refractivity contribution is 4.57. The van der Waals surface area contributed by atoms with E-state index in [0.717, 1.165) is 6.42 Å². The molecular weight excluding hydrogens is 248 g/mol. The highest BCUT2D eigenvalue weighted by Gasteiger charge is 2.10. The van der Waals surface area contributed by atoms with Crippen LogP contribution in [0.4, 0.5) is 0 Å². The van der Waals surface area contributed by atoms with E-state index in [1.165, 1.54) is 32.1 Å². The van der Waals surface area contributed by atoms with Crippen LogP contribution < -0.4 is 0 Å². The van der Waals surface area contributed by atoms with Gasteiger partial charge in [0.2, 0.25) is 0 Å². The number of aliphatic hydroxyl groups is 3. The molecule has 0 spiro atoms. The van der Waals surface area contributed by atoms with E-state index in [2.05, 4.69) is 6.92 Å². The van der Waals surface area contributed by atoms with Gasteiger partial charge in [0.1, 0.15) is 12.2 Å². The Kier molecular flexibility index (Phi) is 14.1. The van der Waals surface area contributed by atoms with Gasteiger partial charge in [-0.3, -0.25) is 0 Å². The van der Waals surface area contributed by atoms with Crippen LogP contribution in [0.5, 0.6) is 0 Å². The summed E-state index contributed by atoms with van der Waals surface area (Å²) in [5.74, 6) is 0. The van der Waals surface area contributed by atoms with Crippen molar-refractivity contribution in [2.45, 2.75) is 57.7 Å². The molecule has 0 amide bonds. The molecule has 116 valence electrons. The number of hydrogen-bond acceptors (Lipinski definition) is 5. The average molecular weight is 278 g/mol. The summed E-state index contributed by atoms with van der Waals surface area (Å²) in [6.07, 6.45) is 5.97. The van der Waals surface area contributed by atoms with Crippen molar-refractivity contribution in [3.05, 3.63) is 0 Å². The van der Waals surface area contributed by atoms with E-state index in [-0.39, 0.29) is 19.8 Å². The second kappa shape index (κ2) is 14.2. The zero-order valence-corrected chi connectivity index (χ0v) is 12.1. The Hall–Kier alpha value is -0.200. The molecule has 0 aliphatic rings. The van der Waals surface area contributed by atoms with Crippen LogP contribution in [0.2, 0.25) is 0 Å². The molecule has 0 rings (SSSR count). The van der Waals surface area contributed by atoms with Crippen molar-refractivity contribution in [3.63, 3.8) is 0 Å². The van der Waals surface area contributed by atoms with Crippen LogP contribution in [-0.2, 0) is 9.47 Å². The van der Waals surface area contributed by atoms with Crippen molar-refractivity contribution in [2.75, 3.05) is 33.0 Å². The molecule has 0 aromatic rings. The summed E-state index contributed by atoms with van der Waals surface area (Å²) in [5.41, 5.74) is 0. The Labute approximate surface area is 116 Å². The third kappa shape index (κ3) is 12.6. The fourth-order valence-electron chi connectivity index (χ4n) is 1.65. The van der Waals surface area contributed by atoms with Gasteiger partial charge in [0.25, 0.3) is 0 Å². The summed E-state index contributed by atoms with van der Waals surface area (Å²) in [6, 6.07) is 0. The Bertz CT molecular complexity index is 177. The van der Waals surface area contributed by atoms with Crippen LogP contribution in [0.1, 0.15) is 45.4 Å². The van der Waals surface area contributed by atoms with E-state index in [1.807, 2.05) is 0 Å². The fraction of sp³-hybridized carbons (Fsp3) is 1.00. The van der Waals surface area contributed by atoms with Gasteiger partial charge in [-0.25, -0.2) is 0 Å². The molecule has 0 bridgehead atoms. The van der Waals surface area contributed by atoms with Gasteiger partial charge in [-0.2, -0.15) is 0 Å². The molecule has 0 radical (unpaired) electrons. The predicted octanol–water partition coefficient (Wildman–Crippen LogP) is 1.09. The molecule has 5 nitrogen and oxygen atoms in total. The molecule has 3 N–H and O–H groups in total. The van der Waals surface area contributed by atoms with Crippen LogP contribution in [0.15, 0.2) is 0 Å². The quantitative estimate of drug-likeness (QED) is 0.415. The molecule has 5 heteroatoms. The smallest absolute Gasteiger partial charge is 0.104 e. The second-order valence-electron chi connectivity index (χ2n) is 4.82. The largest absolute Gasteiger partial charge is 0.394 e. The van der Waals surface area contributed by atoms with E-state index in [0.29, 0.717) is 13.2 Å². The first-order chi connectivity index (χ1) is 9.24. The lowest BCUT2D eigenvalue weighted by Gasteiger charge is -2.17. The SMILES string of the molecule is CCCCCCCCOCC(CO)OCC(O)CO. The lowest BCUT2D eigenvalue weighted by Crippen LogP contribution is -2.29. The molecule has 0 aromatic carbocycles. The van der Waals surface area contributed by atoms with Crippen molar-refractivity contribution in [2.24, 2.45) is 0 Å². The van der Waals surface area contributed by atoms with E-state index < -0.39 is 12.2 Å². The van der Waals surface area contributed by atoms with Crippen molar-refractivity contribution in [1.82, 2.24) is 0 Å². The zero-order valence-electron chi connectivity index (χ0n) is 12.1. The maximum absolute atomic E-state index is 9.12. The third-order valence-corrected chi connectivity index (χ3v) is 2.88. The molecule has 19 heavy (non-hydrogen) atoms. The Balaban J connectivity index is 3.36. The number of ether oxygens (including phenoxy) is 2. The van der Waals surface area contributed by atoms with Crippen LogP contribution in [-0.4, -0.2) is 60.6 Å². The molecule has 0 aliphatic heterocycles. The van der Waals surface area contributed by atoms with E-state index in [4.69, 9.17) is 24.8 Å². The van der Waals surface area contributed by atoms with Gasteiger partial charge in [-0.05, 0) is 6.42 Å². The fourth-order valence-corrected chi connectivity index (χ4v) is 1.65. The lowest BCUT2D eigenvalue weighted by atomic mass is 10.1. The van der Waals surface area contributed by atoms with Gasteiger partial charge in [-0.15, -0.1) is 0 Å². The first kappa shape index (κ1) is 18.8.